The van der Waals surface area contributed by atoms with E-state index in [2.05, 4.69) is 5.32 Å². The van der Waals surface area contributed by atoms with Crippen molar-refractivity contribution in [3.05, 3.63) is 23.2 Å². The summed E-state index contributed by atoms with van der Waals surface area (Å²) in [7, 11) is -1.98. The number of piperidine rings is 1. The predicted octanol–water partition coefficient (Wildman–Crippen LogP) is 2.00. The van der Waals surface area contributed by atoms with Gasteiger partial charge in [0.2, 0.25) is 10.0 Å². The number of hydrogen-bond donors (Lipinski definition) is 1. The number of fused-ring (bicyclic) bond motifs is 1. The van der Waals surface area contributed by atoms with Crippen LogP contribution in [-0.4, -0.2) is 46.0 Å². The number of sulfonamides is 1. The smallest absolute Gasteiger partial charge is 0.243 e. The quantitative estimate of drug-likeness (QED) is 0.888. The van der Waals surface area contributed by atoms with E-state index in [1.165, 1.54) is 13.2 Å². The average Bonchev–Trinajstić information content (AvgIpc) is 2.94. The first-order chi connectivity index (χ1) is 10.0. The first-order valence-corrected chi connectivity index (χ1v) is 8.88. The number of halogens is 2. The van der Waals surface area contributed by atoms with Crippen LogP contribution in [0.4, 0.5) is 0 Å². The fraction of sp³-hybridized carbons (Fsp3) is 0.571. The summed E-state index contributed by atoms with van der Waals surface area (Å²) in [6.07, 6.45) is 0.917. The monoisotopic (exact) mass is 366 g/mol. The summed E-state index contributed by atoms with van der Waals surface area (Å²) in [6.45, 7) is 3.07. The standard InChI is InChI=1S/C14H19ClN2O3S.ClH/c1-20-14-3-2-12(6-13(14)15)21(18,19)17-5-4-10-7-16-8-11(10)9-17;/h2-3,6,10-11,16H,4-5,7-9H2,1H3;1H. The van der Waals surface area contributed by atoms with E-state index in [-0.39, 0.29) is 17.3 Å². The Bertz CT molecular complexity index is 639. The Morgan fingerprint density at radius 1 is 1.32 bits per heavy atom. The van der Waals surface area contributed by atoms with Gasteiger partial charge in [-0.15, -0.1) is 12.4 Å². The molecule has 0 bridgehead atoms. The molecule has 5 nitrogen and oxygen atoms in total. The zero-order valence-electron chi connectivity index (χ0n) is 12.3. The molecule has 2 heterocycles. The van der Waals surface area contributed by atoms with E-state index in [4.69, 9.17) is 16.3 Å². The lowest BCUT2D eigenvalue weighted by molar-refractivity contribution is 0.228. The van der Waals surface area contributed by atoms with Crippen molar-refractivity contribution in [3.63, 3.8) is 0 Å². The van der Waals surface area contributed by atoms with Gasteiger partial charge in [-0.05, 0) is 49.5 Å². The molecule has 3 rings (SSSR count). The molecule has 1 aromatic rings. The first-order valence-electron chi connectivity index (χ1n) is 7.07. The Hall–Kier alpha value is -0.530. The number of rotatable bonds is 3. The second-order valence-electron chi connectivity index (χ2n) is 5.63. The molecule has 124 valence electrons. The van der Waals surface area contributed by atoms with Crippen molar-refractivity contribution < 1.29 is 13.2 Å². The van der Waals surface area contributed by atoms with Gasteiger partial charge in [0.05, 0.1) is 17.0 Å². The maximum atomic E-state index is 12.7. The molecule has 2 aliphatic rings. The van der Waals surface area contributed by atoms with Crippen molar-refractivity contribution in [2.45, 2.75) is 11.3 Å². The normalized spacial score (nSPS) is 25.4. The highest BCUT2D eigenvalue weighted by Gasteiger charge is 2.37. The molecule has 0 aliphatic carbocycles. The van der Waals surface area contributed by atoms with Gasteiger partial charge in [0, 0.05) is 13.1 Å². The molecule has 0 aromatic heterocycles. The van der Waals surface area contributed by atoms with Gasteiger partial charge in [-0.25, -0.2) is 8.42 Å². The molecular formula is C14H20Cl2N2O3S. The Morgan fingerprint density at radius 3 is 2.73 bits per heavy atom. The summed E-state index contributed by atoms with van der Waals surface area (Å²) in [5.41, 5.74) is 0. The summed E-state index contributed by atoms with van der Waals surface area (Å²) in [4.78, 5) is 0.234. The van der Waals surface area contributed by atoms with Gasteiger partial charge in [-0.2, -0.15) is 4.31 Å². The minimum Gasteiger partial charge on any atom is -0.495 e. The summed E-state index contributed by atoms with van der Waals surface area (Å²) in [5, 5.41) is 3.66. The third-order valence-electron chi connectivity index (χ3n) is 4.43. The second kappa shape index (κ2) is 6.93. The lowest BCUT2D eigenvalue weighted by Gasteiger charge is -2.33. The molecule has 1 aromatic carbocycles. The van der Waals surface area contributed by atoms with Crippen LogP contribution in [0.3, 0.4) is 0 Å². The van der Waals surface area contributed by atoms with E-state index in [0.29, 0.717) is 35.7 Å². The molecule has 2 aliphatic heterocycles. The molecular weight excluding hydrogens is 347 g/mol. The Labute approximate surface area is 142 Å². The predicted molar refractivity (Wildman–Crippen MR) is 88.5 cm³/mol. The maximum Gasteiger partial charge on any atom is 0.243 e. The minimum atomic E-state index is -3.48. The molecule has 2 saturated heterocycles. The molecule has 2 fully saturated rings. The van der Waals surface area contributed by atoms with Gasteiger partial charge in [-0.1, -0.05) is 11.6 Å². The minimum absolute atomic E-state index is 0. The molecule has 0 spiro atoms. The highest BCUT2D eigenvalue weighted by Crippen LogP contribution is 2.32. The van der Waals surface area contributed by atoms with Crippen molar-refractivity contribution >= 4 is 34.0 Å². The summed E-state index contributed by atoms with van der Waals surface area (Å²) >= 11 is 6.05. The van der Waals surface area contributed by atoms with Crippen LogP contribution >= 0.6 is 24.0 Å². The van der Waals surface area contributed by atoms with Gasteiger partial charge < -0.3 is 10.1 Å². The Kier molecular flexibility index (Phi) is 5.61. The number of hydrogen-bond acceptors (Lipinski definition) is 4. The zero-order valence-corrected chi connectivity index (χ0v) is 14.7. The lowest BCUT2D eigenvalue weighted by atomic mass is 9.90. The van der Waals surface area contributed by atoms with Crippen LogP contribution in [0.1, 0.15) is 6.42 Å². The van der Waals surface area contributed by atoms with Crippen molar-refractivity contribution in [3.8, 4) is 5.75 Å². The van der Waals surface area contributed by atoms with Crippen LogP contribution in [0.2, 0.25) is 5.02 Å². The van der Waals surface area contributed by atoms with Gasteiger partial charge >= 0.3 is 0 Å². The Morgan fingerprint density at radius 2 is 2.05 bits per heavy atom. The number of nitrogens with one attached hydrogen (secondary N) is 1. The SMILES string of the molecule is COc1ccc(S(=O)(=O)N2CCC3CNCC3C2)cc1Cl.Cl. The molecule has 0 saturated carbocycles. The maximum absolute atomic E-state index is 12.7. The first kappa shape index (κ1) is 17.8. The highest BCUT2D eigenvalue weighted by molar-refractivity contribution is 7.89. The molecule has 22 heavy (non-hydrogen) atoms. The van der Waals surface area contributed by atoms with Crippen LogP contribution in [0, 0.1) is 11.8 Å². The topological polar surface area (TPSA) is 58.6 Å². The third-order valence-corrected chi connectivity index (χ3v) is 6.58. The summed E-state index contributed by atoms with van der Waals surface area (Å²) < 4.78 is 32.1. The van der Waals surface area contributed by atoms with Crippen LogP contribution in [0.5, 0.6) is 5.75 Å². The number of methoxy groups -OCH3 is 1. The van der Waals surface area contributed by atoms with Crippen molar-refractivity contribution in [2.75, 3.05) is 33.3 Å². The third kappa shape index (κ3) is 3.21. The van der Waals surface area contributed by atoms with Gasteiger partial charge in [0.15, 0.2) is 0 Å². The van der Waals surface area contributed by atoms with E-state index in [0.717, 1.165) is 19.5 Å². The van der Waals surface area contributed by atoms with Crippen LogP contribution in [0.15, 0.2) is 23.1 Å². The molecule has 2 unspecified atom stereocenters. The van der Waals surface area contributed by atoms with Crippen LogP contribution < -0.4 is 10.1 Å². The van der Waals surface area contributed by atoms with Crippen LogP contribution in [0.25, 0.3) is 0 Å². The summed E-state index contributed by atoms with van der Waals surface area (Å²) in [6, 6.07) is 4.62. The molecule has 8 heteroatoms. The van der Waals surface area contributed by atoms with Crippen molar-refractivity contribution in [1.82, 2.24) is 9.62 Å². The second-order valence-corrected chi connectivity index (χ2v) is 7.97. The van der Waals surface area contributed by atoms with Gasteiger partial charge in [-0.3, -0.25) is 0 Å². The van der Waals surface area contributed by atoms with E-state index in [9.17, 15) is 8.42 Å². The molecule has 0 amide bonds. The van der Waals surface area contributed by atoms with Crippen molar-refractivity contribution in [2.24, 2.45) is 11.8 Å². The van der Waals surface area contributed by atoms with Crippen molar-refractivity contribution in [1.29, 1.82) is 0 Å². The van der Waals surface area contributed by atoms with Gasteiger partial charge in [0.25, 0.3) is 0 Å². The summed E-state index contributed by atoms with van der Waals surface area (Å²) in [5.74, 6) is 1.51. The molecule has 1 N–H and O–H groups in total. The van der Waals surface area contributed by atoms with E-state index >= 15 is 0 Å². The average molecular weight is 367 g/mol. The molecule has 2 atom stereocenters. The lowest BCUT2D eigenvalue weighted by Crippen LogP contribution is -2.43. The molecule has 0 radical (unpaired) electrons. The van der Waals surface area contributed by atoms with E-state index in [1.807, 2.05) is 0 Å². The largest absolute Gasteiger partial charge is 0.495 e. The fourth-order valence-corrected chi connectivity index (χ4v) is 5.04. The number of ether oxygens (including phenoxy) is 1. The van der Waals surface area contributed by atoms with Gasteiger partial charge in [0.1, 0.15) is 5.75 Å². The number of nitrogens with zero attached hydrogens (tertiary/aromatic N) is 1. The van der Waals surface area contributed by atoms with E-state index in [1.54, 1.807) is 16.4 Å². The fourth-order valence-electron chi connectivity index (χ4n) is 3.18. The van der Waals surface area contributed by atoms with E-state index < -0.39 is 10.0 Å². The highest BCUT2D eigenvalue weighted by atomic mass is 35.5. The Balaban J connectivity index is 0.00000176. The number of benzene rings is 1. The van der Waals surface area contributed by atoms with Crippen LogP contribution in [-0.2, 0) is 10.0 Å². The zero-order chi connectivity index (χ0) is 15.0.